The Labute approximate surface area is 173 Å². The Balaban J connectivity index is 1.61. The number of para-hydroxylation sites is 1. The molecule has 0 aliphatic carbocycles. The number of benzene rings is 3. The number of nitrogens with one attached hydrogen (secondary N) is 2. The number of hydrazone groups is 1. The molecule has 30 heavy (non-hydrogen) atoms. The average Bonchev–Trinajstić information content (AvgIpc) is 2.78. The summed E-state index contributed by atoms with van der Waals surface area (Å²) >= 11 is 0. The molecule has 0 spiro atoms. The van der Waals surface area contributed by atoms with Gasteiger partial charge in [0.25, 0.3) is 11.8 Å². The lowest BCUT2D eigenvalue weighted by Gasteiger charge is -2.06. The highest BCUT2D eigenvalue weighted by Crippen LogP contribution is 2.21. The third-order valence-electron chi connectivity index (χ3n) is 3.90. The van der Waals surface area contributed by atoms with Crippen molar-refractivity contribution in [1.29, 1.82) is 0 Å². The van der Waals surface area contributed by atoms with Crippen LogP contribution in [0.2, 0.25) is 0 Å². The highest BCUT2D eigenvalue weighted by Gasteiger charge is 2.04. The molecule has 0 aromatic heterocycles. The molecule has 0 fully saturated rings. The summed E-state index contributed by atoms with van der Waals surface area (Å²) in [6.45, 7) is 0. The van der Waals surface area contributed by atoms with Crippen molar-refractivity contribution in [3.8, 4) is 11.5 Å². The number of nitrogens with zero attached hydrogens (tertiary/aromatic N) is 1. The highest BCUT2D eigenvalue weighted by molar-refractivity contribution is 5.96. The molecule has 3 aromatic carbocycles. The maximum Gasteiger partial charge on any atom is 0.271 e. The number of hydrogen-bond donors (Lipinski definition) is 3. The van der Waals surface area contributed by atoms with E-state index in [1.807, 2.05) is 48.5 Å². The van der Waals surface area contributed by atoms with Crippen LogP contribution in [-0.2, 0) is 4.79 Å². The van der Waals surface area contributed by atoms with Gasteiger partial charge in [-0.2, -0.15) is 5.10 Å². The number of ether oxygens (including phenoxy) is 1. The number of carbonyl (C=O) groups excluding carboxylic acids is 2. The minimum atomic E-state index is -0.659. The molecular formula is C23H19N3O4. The van der Waals surface area contributed by atoms with Crippen LogP contribution in [0.3, 0.4) is 0 Å². The summed E-state index contributed by atoms with van der Waals surface area (Å²) in [6, 6.07) is 23.4. The largest absolute Gasteiger partial charge is 0.457 e. The lowest BCUT2D eigenvalue weighted by molar-refractivity contribution is -0.124. The van der Waals surface area contributed by atoms with E-state index in [0.29, 0.717) is 16.9 Å². The van der Waals surface area contributed by atoms with Crippen LogP contribution < -0.4 is 15.6 Å². The fourth-order valence-electron chi connectivity index (χ4n) is 2.51. The van der Waals surface area contributed by atoms with Gasteiger partial charge >= 0.3 is 0 Å². The van der Waals surface area contributed by atoms with Gasteiger partial charge in [0.05, 0.1) is 6.21 Å². The second kappa shape index (κ2) is 10.4. The quantitative estimate of drug-likeness (QED) is 0.243. The lowest BCUT2D eigenvalue weighted by atomic mass is 10.1. The summed E-state index contributed by atoms with van der Waals surface area (Å²) in [5, 5.41) is 12.5. The highest BCUT2D eigenvalue weighted by atomic mass is 16.5. The van der Waals surface area contributed by atoms with Crippen LogP contribution in [0.4, 0.5) is 0 Å². The Morgan fingerprint density at radius 1 is 0.867 bits per heavy atom. The van der Waals surface area contributed by atoms with Crippen molar-refractivity contribution >= 4 is 24.1 Å². The molecule has 0 saturated carbocycles. The number of carbonyl (C=O) groups is 2. The summed E-state index contributed by atoms with van der Waals surface area (Å²) in [5.41, 5.74) is 5.73. The van der Waals surface area contributed by atoms with Crippen LogP contribution in [-0.4, -0.2) is 23.2 Å². The molecule has 7 nitrogen and oxygen atoms in total. The number of hydrogen-bond acceptors (Lipinski definition) is 5. The standard InChI is InChI=1S/C23H19N3O4/c27-22(26-29)13-12-17-6-4-8-19(14-17)23(28)25-24-16-18-7-5-11-21(15-18)30-20-9-2-1-3-10-20/h1-16,29H,(H,25,28)(H,26,27). The van der Waals surface area contributed by atoms with E-state index in [9.17, 15) is 9.59 Å². The first-order chi connectivity index (χ1) is 14.6. The molecule has 0 heterocycles. The predicted octanol–water partition coefficient (Wildman–Crippen LogP) is 3.76. The third kappa shape index (κ3) is 6.15. The van der Waals surface area contributed by atoms with E-state index in [-0.39, 0.29) is 0 Å². The van der Waals surface area contributed by atoms with Crippen LogP contribution in [0.5, 0.6) is 11.5 Å². The molecule has 3 rings (SSSR count). The molecule has 0 radical (unpaired) electrons. The van der Waals surface area contributed by atoms with Gasteiger partial charge in [0.1, 0.15) is 11.5 Å². The molecule has 3 N–H and O–H groups in total. The molecule has 0 aliphatic heterocycles. The van der Waals surface area contributed by atoms with Gasteiger partial charge in [-0.25, -0.2) is 10.9 Å². The zero-order valence-corrected chi connectivity index (χ0v) is 15.9. The minimum absolute atomic E-state index is 0.375. The van der Waals surface area contributed by atoms with Gasteiger partial charge in [0.15, 0.2) is 0 Å². The van der Waals surface area contributed by atoms with E-state index >= 15 is 0 Å². The van der Waals surface area contributed by atoms with Crippen molar-refractivity contribution in [1.82, 2.24) is 10.9 Å². The van der Waals surface area contributed by atoms with Gasteiger partial charge in [-0.1, -0.05) is 42.5 Å². The molecule has 0 saturated heterocycles. The average molecular weight is 401 g/mol. The van der Waals surface area contributed by atoms with Gasteiger partial charge in [0, 0.05) is 11.6 Å². The van der Waals surface area contributed by atoms with E-state index in [1.54, 1.807) is 30.3 Å². The Morgan fingerprint density at radius 3 is 2.40 bits per heavy atom. The Kier molecular flexibility index (Phi) is 7.07. The monoisotopic (exact) mass is 401 g/mol. The fraction of sp³-hybridized carbons (Fsp3) is 0. The van der Waals surface area contributed by atoms with Gasteiger partial charge < -0.3 is 4.74 Å². The molecule has 7 heteroatoms. The first-order valence-corrected chi connectivity index (χ1v) is 9.02. The Morgan fingerprint density at radius 2 is 1.60 bits per heavy atom. The van der Waals surface area contributed by atoms with Crippen LogP contribution in [0.25, 0.3) is 6.08 Å². The van der Waals surface area contributed by atoms with Gasteiger partial charge in [0.2, 0.25) is 0 Å². The first-order valence-electron chi connectivity index (χ1n) is 9.02. The van der Waals surface area contributed by atoms with Gasteiger partial charge in [-0.15, -0.1) is 0 Å². The number of rotatable bonds is 7. The van der Waals surface area contributed by atoms with Crippen molar-refractivity contribution in [3.05, 3.63) is 102 Å². The van der Waals surface area contributed by atoms with Gasteiger partial charge in [-0.05, 0) is 53.6 Å². The van der Waals surface area contributed by atoms with Crippen LogP contribution in [0.1, 0.15) is 21.5 Å². The zero-order chi connectivity index (χ0) is 21.2. The molecular weight excluding hydrogens is 382 g/mol. The van der Waals surface area contributed by atoms with E-state index < -0.39 is 11.8 Å². The Hall–Kier alpha value is -4.23. The molecule has 150 valence electrons. The number of amides is 2. The Bertz CT molecular complexity index is 1080. The van der Waals surface area contributed by atoms with Crippen molar-refractivity contribution in [3.63, 3.8) is 0 Å². The predicted molar refractivity (Wildman–Crippen MR) is 113 cm³/mol. The van der Waals surface area contributed by atoms with Gasteiger partial charge in [-0.3, -0.25) is 14.8 Å². The zero-order valence-electron chi connectivity index (χ0n) is 15.9. The topological polar surface area (TPSA) is 100 Å². The second-order valence-electron chi connectivity index (χ2n) is 6.12. The maximum absolute atomic E-state index is 12.3. The fourth-order valence-corrected chi connectivity index (χ4v) is 2.51. The summed E-state index contributed by atoms with van der Waals surface area (Å²) in [7, 11) is 0. The molecule has 0 aliphatic rings. The second-order valence-corrected chi connectivity index (χ2v) is 6.12. The molecule has 0 unspecified atom stereocenters. The number of hydroxylamine groups is 1. The maximum atomic E-state index is 12.3. The summed E-state index contributed by atoms with van der Waals surface area (Å²) in [4.78, 5) is 23.3. The molecule has 3 aromatic rings. The van der Waals surface area contributed by atoms with E-state index in [4.69, 9.17) is 9.94 Å². The van der Waals surface area contributed by atoms with Crippen molar-refractivity contribution in [2.24, 2.45) is 5.10 Å². The summed E-state index contributed by atoms with van der Waals surface area (Å²) < 4.78 is 5.78. The lowest BCUT2D eigenvalue weighted by Crippen LogP contribution is -2.17. The molecule has 0 atom stereocenters. The van der Waals surface area contributed by atoms with Crippen LogP contribution >= 0.6 is 0 Å². The SMILES string of the molecule is O=C(C=Cc1cccc(C(=O)NN=Cc2cccc(Oc3ccccc3)c2)c1)NO. The third-order valence-corrected chi connectivity index (χ3v) is 3.90. The normalized spacial score (nSPS) is 10.8. The van der Waals surface area contributed by atoms with Crippen molar-refractivity contribution in [2.75, 3.05) is 0 Å². The van der Waals surface area contributed by atoms with E-state index in [0.717, 1.165) is 17.4 Å². The summed E-state index contributed by atoms with van der Waals surface area (Å²) in [5.74, 6) is 0.325. The van der Waals surface area contributed by atoms with Crippen molar-refractivity contribution < 1.29 is 19.5 Å². The summed E-state index contributed by atoms with van der Waals surface area (Å²) in [6.07, 6.45) is 4.15. The molecule has 0 bridgehead atoms. The smallest absolute Gasteiger partial charge is 0.271 e. The van der Waals surface area contributed by atoms with Crippen LogP contribution in [0.15, 0.2) is 90.0 Å². The van der Waals surface area contributed by atoms with E-state index in [1.165, 1.54) is 17.8 Å². The first kappa shape index (κ1) is 20.5. The minimum Gasteiger partial charge on any atom is -0.457 e. The molecule has 2 amide bonds. The van der Waals surface area contributed by atoms with Crippen LogP contribution in [0, 0.1) is 0 Å². The van der Waals surface area contributed by atoms with Crippen molar-refractivity contribution in [2.45, 2.75) is 0 Å². The van der Waals surface area contributed by atoms with E-state index in [2.05, 4.69) is 10.5 Å².